The van der Waals surface area contributed by atoms with E-state index in [0.29, 0.717) is 11.3 Å². The normalized spacial score (nSPS) is 15.6. The molecule has 0 saturated heterocycles. The van der Waals surface area contributed by atoms with Crippen LogP contribution in [0.5, 0.6) is 0 Å². The second-order valence-corrected chi connectivity index (χ2v) is 11.1. The third-order valence-corrected chi connectivity index (χ3v) is 7.25. The predicted molar refractivity (Wildman–Crippen MR) is 137 cm³/mol. The summed E-state index contributed by atoms with van der Waals surface area (Å²) in [4.78, 5) is 27.8. The molecule has 0 spiro atoms. The summed E-state index contributed by atoms with van der Waals surface area (Å²) >= 11 is 0. The molecule has 188 valence electrons. The summed E-state index contributed by atoms with van der Waals surface area (Å²) in [7, 11) is -4.06. The van der Waals surface area contributed by atoms with Crippen molar-refractivity contribution < 1.29 is 28.9 Å². The van der Waals surface area contributed by atoms with Gasteiger partial charge in [0.2, 0.25) is 13.2 Å². The van der Waals surface area contributed by atoms with E-state index >= 15 is 0 Å². The number of pyridine rings is 1. The minimum atomic E-state index is -4.06. The molecule has 3 aromatic rings. The van der Waals surface area contributed by atoms with Crippen LogP contribution in [0.2, 0.25) is 0 Å². The Balaban J connectivity index is 2.36. The molecule has 0 fully saturated rings. The Bertz CT molecular complexity index is 1340. The van der Waals surface area contributed by atoms with Gasteiger partial charge in [0.05, 0.1) is 11.4 Å². The van der Waals surface area contributed by atoms with Crippen LogP contribution in [0.3, 0.4) is 0 Å². The average molecular weight is 510 g/mol. The molecule has 2 aromatic carbocycles. The van der Waals surface area contributed by atoms with Gasteiger partial charge in [-0.3, -0.25) is 4.57 Å². The molecule has 3 rings (SSSR count). The van der Waals surface area contributed by atoms with E-state index in [1.807, 2.05) is 31.2 Å². The van der Waals surface area contributed by atoms with Crippen LogP contribution in [0.4, 0.5) is 4.39 Å². The monoisotopic (exact) mass is 509 g/mol. The minimum absolute atomic E-state index is 0.134. The Labute approximate surface area is 210 Å². The van der Waals surface area contributed by atoms with Gasteiger partial charge in [-0.1, -0.05) is 54.3 Å². The van der Waals surface area contributed by atoms with Crippen LogP contribution in [-0.2, 0) is 21.4 Å². The first-order chi connectivity index (χ1) is 16.8. The van der Waals surface area contributed by atoms with E-state index < -0.39 is 42.4 Å². The number of nitrogens with zero attached hydrogens (tertiary/aromatic N) is 1. The standard InChI is InChI=1S/C28H29FNO5P/c1-19-8-5-6-9-22(19)23-10-7-11-24(30-23)27(33,18-20-12-14-21(29)15-13-20)28(25(31)32,36(34)35)17-16-26(2,3)4/h5-15,33,36H,18H2,1-4H3,(H,31,32)(H,34,35). The summed E-state index contributed by atoms with van der Waals surface area (Å²) in [6, 6.07) is 17.2. The van der Waals surface area contributed by atoms with Crippen molar-refractivity contribution in [1.29, 1.82) is 0 Å². The number of carboxylic acids is 1. The number of benzene rings is 2. The Hall–Kier alpha value is -3.30. The van der Waals surface area contributed by atoms with Gasteiger partial charge < -0.3 is 15.1 Å². The van der Waals surface area contributed by atoms with Crippen LogP contribution in [0.25, 0.3) is 11.3 Å². The molecular weight excluding hydrogens is 480 g/mol. The lowest BCUT2D eigenvalue weighted by Gasteiger charge is -2.39. The number of aryl methyl sites for hydroxylation is 1. The minimum Gasteiger partial charge on any atom is -0.480 e. The fourth-order valence-corrected chi connectivity index (χ4v) is 4.85. The molecule has 1 aromatic heterocycles. The van der Waals surface area contributed by atoms with Gasteiger partial charge in [-0.05, 0) is 63.1 Å². The number of aromatic nitrogens is 1. The highest BCUT2D eigenvalue weighted by atomic mass is 31.1. The number of hydrogen-bond acceptors (Lipinski definition) is 4. The smallest absolute Gasteiger partial charge is 0.335 e. The van der Waals surface area contributed by atoms with Gasteiger partial charge in [0, 0.05) is 17.4 Å². The van der Waals surface area contributed by atoms with Crippen molar-refractivity contribution in [3.8, 4) is 23.1 Å². The molecule has 6 nitrogen and oxygen atoms in total. The molecular formula is C28H29FNO5P. The second kappa shape index (κ2) is 10.4. The number of aliphatic carboxylic acids is 1. The van der Waals surface area contributed by atoms with Gasteiger partial charge in [0.15, 0.2) is 0 Å². The van der Waals surface area contributed by atoms with Crippen LogP contribution < -0.4 is 0 Å². The Morgan fingerprint density at radius 1 is 1.00 bits per heavy atom. The van der Waals surface area contributed by atoms with Crippen molar-refractivity contribution in [2.45, 2.75) is 44.9 Å². The number of halogens is 1. The van der Waals surface area contributed by atoms with Crippen molar-refractivity contribution in [3.63, 3.8) is 0 Å². The summed E-state index contributed by atoms with van der Waals surface area (Å²) in [5.74, 6) is 2.95. The number of carbonyl (C=O) groups is 1. The Morgan fingerprint density at radius 3 is 2.19 bits per heavy atom. The summed E-state index contributed by atoms with van der Waals surface area (Å²) < 4.78 is 26.5. The van der Waals surface area contributed by atoms with Crippen LogP contribution in [0, 0.1) is 30.0 Å². The zero-order chi connectivity index (χ0) is 26.7. The molecule has 1 heterocycles. The fourth-order valence-electron chi connectivity index (χ4n) is 3.93. The zero-order valence-corrected chi connectivity index (χ0v) is 21.5. The van der Waals surface area contributed by atoms with E-state index in [1.165, 1.54) is 18.2 Å². The molecule has 0 bridgehead atoms. The van der Waals surface area contributed by atoms with Gasteiger partial charge in [-0.15, -0.1) is 0 Å². The molecule has 0 aliphatic carbocycles. The third-order valence-electron chi connectivity index (χ3n) is 5.85. The van der Waals surface area contributed by atoms with Gasteiger partial charge >= 0.3 is 5.97 Å². The molecule has 0 aliphatic heterocycles. The van der Waals surface area contributed by atoms with Crippen molar-refractivity contribution in [2.75, 3.05) is 0 Å². The van der Waals surface area contributed by atoms with Crippen LogP contribution in [0.1, 0.15) is 37.6 Å². The van der Waals surface area contributed by atoms with E-state index in [-0.39, 0.29) is 5.69 Å². The first-order valence-corrected chi connectivity index (χ1v) is 12.7. The predicted octanol–water partition coefficient (Wildman–Crippen LogP) is 4.97. The summed E-state index contributed by atoms with van der Waals surface area (Å²) in [5.41, 5.74) is -0.967. The summed E-state index contributed by atoms with van der Waals surface area (Å²) in [5, 5.41) is 19.8. The average Bonchev–Trinajstić information content (AvgIpc) is 2.80. The summed E-state index contributed by atoms with van der Waals surface area (Å²) in [6.45, 7) is 7.04. The number of aliphatic hydroxyl groups is 1. The lowest BCUT2D eigenvalue weighted by Crippen LogP contribution is -2.56. The highest BCUT2D eigenvalue weighted by Gasteiger charge is 2.62. The molecule has 0 radical (unpaired) electrons. The molecule has 8 heteroatoms. The van der Waals surface area contributed by atoms with E-state index in [0.717, 1.165) is 23.3 Å². The van der Waals surface area contributed by atoms with Crippen molar-refractivity contribution in [3.05, 3.63) is 89.4 Å². The maximum absolute atomic E-state index is 13.6. The quantitative estimate of drug-likeness (QED) is 0.307. The maximum Gasteiger partial charge on any atom is 0.335 e. The first kappa shape index (κ1) is 27.3. The first-order valence-electron chi connectivity index (χ1n) is 11.3. The van der Waals surface area contributed by atoms with E-state index in [2.05, 4.69) is 16.8 Å². The summed E-state index contributed by atoms with van der Waals surface area (Å²) in [6.07, 6.45) is -0.445. The van der Waals surface area contributed by atoms with Gasteiger partial charge in [0.25, 0.3) is 0 Å². The molecule has 3 N–H and O–H groups in total. The lowest BCUT2D eigenvalue weighted by molar-refractivity contribution is -0.146. The second-order valence-electron chi connectivity index (χ2n) is 9.75. The number of rotatable bonds is 7. The van der Waals surface area contributed by atoms with Crippen LogP contribution in [0.15, 0.2) is 66.7 Å². The van der Waals surface area contributed by atoms with Crippen molar-refractivity contribution in [2.24, 2.45) is 5.41 Å². The largest absolute Gasteiger partial charge is 0.480 e. The van der Waals surface area contributed by atoms with Crippen molar-refractivity contribution >= 4 is 14.0 Å². The highest BCUT2D eigenvalue weighted by Crippen LogP contribution is 2.51. The van der Waals surface area contributed by atoms with Gasteiger partial charge in [0.1, 0.15) is 11.4 Å². The zero-order valence-electron chi connectivity index (χ0n) is 20.5. The fraction of sp³-hybridized carbons (Fsp3) is 0.286. The third kappa shape index (κ3) is 5.42. The Kier molecular flexibility index (Phi) is 7.85. The van der Waals surface area contributed by atoms with Crippen LogP contribution in [-0.4, -0.2) is 31.2 Å². The highest BCUT2D eigenvalue weighted by molar-refractivity contribution is 7.42. The maximum atomic E-state index is 13.6. The van der Waals surface area contributed by atoms with Gasteiger partial charge in [-0.25, -0.2) is 14.2 Å². The molecule has 0 amide bonds. The number of hydrogen-bond donors (Lipinski definition) is 3. The van der Waals surface area contributed by atoms with E-state index in [9.17, 15) is 28.9 Å². The Morgan fingerprint density at radius 2 is 1.64 bits per heavy atom. The number of carboxylic acid groups (broad SMARTS) is 1. The topological polar surface area (TPSA) is 108 Å². The SMILES string of the molecule is Cc1ccccc1-c1cccc(C(O)(Cc2ccc(F)cc2)C(C#CC(C)(C)C)(C(=O)O)[PH](=O)O)n1. The van der Waals surface area contributed by atoms with E-state index in [1.54, 1.807) is 32.9 Å². The van der Waals surface area contributed by atoms with E-state index in [4.69, 9.17) is 0 Å². The van der Waals surface area contributed by atoms with Crippen molar-refractivity contribution in [1.82, 2.24) is 4.98 Å². The van der Waals surface area contributed by atoms with Crippen LogP contribution >= 0.6 is 8.03 Å². The molecule has 36 heavy (non-hydrogen) atoms. The molecule has 0 saturated carbocycles. The lowest BCUT2D eigenvalue weighted by atomic mass is 9.77. The molecule has 3 unspecified atom stereocenters. The van der Waals surface area contributed by atoms with Gasteiger partial charge in [-0.2, -0.15) is 0 Å². The molecule has 3 atom stereocenters. The molecule has 0 aliphatic rings.